The van der Waals surface area contributed by atoms with Crippen molar-refractivity contribution < 1.29 is 30.0 Å². The molecule has 0 aliphatic heterocycles. The van der Waals surface area contributed by atoms with E-state index in [4.69, 9.17) is 14.9 Å². The molecular weight excluding hydrogens is 216 g/mol. The predicted molar refractivity (Wildman–Crippen MR) is 55.7 cm³/mol. The minimum absolute atomic E-state index is 0.351. The quantitative estimate of drug-likeness (QED) is 0.370. The molecule has 0 aliphatic carbocycles. The molecule has 0 rings (SSSR count). The first-order chi connectivity index (χ1) is 7.43. The van der Waals surface area contributed by atoms with Crippen molar-refractivity contribution in [2.45, 2.75) is 31.3 Å². The summed E-state index contributed by atoms with van der Waals surface area (Å²) in [7, 11) is 0. The average molecular weight is 234 g/mol. The van der Waals surface area contributed by atoms with Crippen LogP contribution in [0.5, 0.6) is 0 Å². The highest BCUT2D eigenvalue weighted by Gasteiger charge is 2.29. The van der Waals surface area contributed by atoms with Crippen molar-refractivity contribution in [2.75, 3.05) is 13.2 Å². The SMILES string of the molecule is C=CC(C)OCC(=O)[C@H](O)[C@@H](O)[C@H](O)CO. The van der Waals surface area contributed by atoms with Crippen LogP contribution in [0.1, 0.15) is 6.92 Å². The van der Waals surface area contributed by atoms with Gasteiger partial charge in [0, 0.05) is 0 Å². The molecule has 0 saturated carbocycles. The van der Waals surface area contributed by atoms with Crippen LogP contribution < -0.4 is 0 Å². The Morgan fingerprint density at radius 3 is 2.44 bits per heavy atom. The van der Waals surface area contributed by atoms with Gasteiger partial charge in [-0.05, 0) is 6.92 Å². The van der Waals surface area contributed by atoms with Crippen LogP contribution in [-0.2, 0) is 9.53 Å². The van der Waals surface area contributed by atoms with Gasteiger partial charge in [0.1, 0.15) is 24.9 Å². The smallest absolute Gasteiger partial charge is 0.189 e. The van der Waals surface area contributed by atoms with Crippen LogP contribution in [-0.4, -0.2) is 63.8 Å². The number of aliphatic hydroxyl groups is 4. The van der Waals surface area contributed by atoms with Gasteiger partial charge in [0.05, 0.1) is 12.7 Å². The molecule has 0 spiro atoms. The highest BCUT2D eigenvalue weighted by molar-refractivity contribution is 5.84. The zero-order chi connectivity index (χ0) is 12.7. The number of carbonyl (C=O) groups excluding carboxylic acids is 1. The van der Waals surface area contributed by atoms with Crippen molar-refractivity contribution in [1.82, 2.24) is 0 Å². The van der Waals surface area contributed by atoms with Crippen molar-refractivity contribution in [3.8, 4) is 0 Å². The maximum atomic E-state index is 11.3. The van der Waals surface area contributed by atoms with Crippen molar-refractivity contribution in [3.63, 3.8) is 0 Å². The van der Waals surface area contributed by atoms with Crippen LogP contribution in [0.3, 0.4) is 0 Å². The van der Waals surface area contributed by atoms with Crippen LogP contribution in [0.25, 0.3) is 0 Å². The Hall–Kier alpha value is -0.790. The molecule has 16 heavy (non-hydrogen) atoms. The second-order valence-corrected chi connectivity index (χ2v) is 3.40. The Balaban J connectivity index is 4.12. The summed E-state index contributed by atoms with van der Waals surface area (Å²) in [6.45, 7) is 3.96. The standard InChI is InChI=1S/C10H18O6/c1-3-6(2)16-5-8(13)10(15)9(14)7(12)4-11/h3,6-7,9-12,14-15H,1,4-5H2,2H3/t6?,7-,9+,10+/m1/s1. The van der Waals surface area contributed by atoms with E-state index in [9.17, 15) is 15.0 Å². The first-order valence-electron chi connectivity index (χ1n) is 4.86. The lowest BCUT2D eigenvalue weighted by atomic mass is 10.1. The molecule has 4 N–H and O–H groups in total. The van der Waals surface area contributed by atoms with E-state index in [1.165, 1.54) is 6.08 Å². The molecule has 0 fully saturated rings. The highest BCUT2D eigenvalue weighted by Crippen LogP contribution is 2.03. The Labute approximate surface area is 93.8 Å². The molecule has 6 heteroatoms. The summed E-state index contributed by atoms with van der Waals surface area (Å²) < 4.78 is 4.95. The summed E-state index contributed by atoms with van der Waals surface area (Å²) in [4.78, 5) is 11.3. The molecule has 0 amide bonds. The number of hydrogen-bond acceptors (Lipinski definition) is 6. The number of rotatable bonds is 8. The number of ketones is 1. The number of Topliss-reactive ketones (excluding diaryl/α,β-unsaturated/α-hetero) is 1. The summed E-state index contributed by atoms with van der Waals surface area (Å²) in [5.74, 6) is -0.770. The van der Waals surface area contributed by atoms with Gasteiger partial charge in [-0.3, -0.25) is 4.79 Å². The van der Waals surface area contributed by atoms with Gasteiger partial charge in [0.2, 0.25) is 0 Å². The molecular formula is C10H18O6. The summed E-state index contributed by atoms with van der Waals surface area (Å²) >= 11 is 0. The molecule has 1 unspecified atom stereocenters. The van der Waals surface area contributed by atoms with Gasteiger partial charge in [-0.1, -0.05) is 6.08 Å². The molecule has 94 valence electrons. The van der Waals surface area contributed by atoms with Gasteiger partial charge in [-0.15, -0.1) is 6.58 Å². The van der Waals surface area contributed by atoms with E-state index in [0.717, 1.165) is 0 Å². The zero-order valence-electron chi connectivity index (χ0n) is 9.11. The van der Waals surface area contributed by atoms with Gasteiger partial charge in [-0.2, -0.15) is 0 Å². The lowest BCUT2D eigenvalue weighted by Crippen LogP contribution is -2.45. The zero-order valence-corrected chi connectivity index (χ0v) is 9.11. The third-order valence-corrected chi connectivity index (χ3v) is 2.06. The van der Waals surface area contributed by atoms with Gasteiger partial charge < -0.3 is 25.2 Å². The summed E-state index contributed by atoms with van der Waals surface area (Å²) in [5, 5.41) is 36.0. The largest absolute Gasteiger partial charge is 0.394 e. The van der Waals surface area contributed by atoms with E-state index in [-0.39, 0.29) is 6.10 Å². The molecule has 6 nitrogen and oxygen atoms in total. The van der Waals surface area contributed by atoms with E-state index < -0.39 is 37.3 Å². The third kappa shape index (κ3) is 4.82. The molecule has 0 aromatic carbocycles. The van der Waals surface area contributed by atoms with Crippen LogP contribution in [0.4, 0.5) is 0 Å². The van der Waals surface area contributed by atoms with Gasteiger partial charge >= 0.3 is 0 Å². The fourth-order valence-corrected chi connectivity index (χ4v) is 0.876. The fourth-order valence-electron chi connectivity index (χ4n) is 0.876. The van der Waals surface area contributed by atoms with Gasteiger partial charge in [-0.25, -0.2) is 0 Å². The van der Waals surface area contributed by atoms with Gasteiger partial charge in [0.25, 0.3) is 0 Å². The van der Waals surface area contributed by atoms with Crippen LogP contribution >= 0.6 is 0 Å². The van der Waals surface area contributed by atoms with Crippen molar-refractivity contribution in [3.05, 3.63) is 12.7 Å². The minimum Gasteiger partial charge on any atom is -0.394 e. The molecule has 0 aromatic heterocycles. The van der Waals surface area contributed by atoms with E-state index >= 15 is 0 Å². The second-order valence-electron chi connectivity index (χ2n) is 3.40. The van der Waals surface area contributed by atoms with Crippen molar-refractivity contribution in [2.24, 2.45) is 0 Å². The third-order valence-electron chi connectivity index (χ3n) is 2.06. The molecule has 0 aliphatic rings. The Bertz CT molecular complexity index is 229. The number of aliphatic hydroxyl groups excluding tert-OH is 4. The summed E-state index contributed by atoms with van der Waals surface area (Å²) in [5.41, 5.74) is 0. The number of hydrogen-bond donors (Lipinski definition) is 4. The summed E-state index contributed by atoms with van der Waals surface area (Å²) in [6.07, 6.45) is -3.94. The maximum Gasteiger partial charge on any atom is 0.189 e. The van der Waals surface area contributed by atoms with Crippen LogP contribution in [0, 0.1) is 0 Å². The lowest BCUT2D eigenvalue weighted by molar-refractivity contribution is -0.145. The first-order valence-corrected chi connectivity index (χ1v) is 4.86. The molecule has 0 radical (unpaired) electrons. The van der Waals surface area contributed by atoms with Crippen LogP contribution in [0.2, 0.25) is 0 Å². The normalized spacial score (nSPS) is 18.6. The number of ether oxygens (including phenoxy) is 1. The van der Waals surface area contributed by atoms with E-state index in [0.29, 0.717) is 0 Å². The van der Waals surface area contributed by atoms with Gasteiger partial charge in [0.15, 0.2) is 5.78 Å². The molecule has 0 bridgehead atoms. The highest BCUT2D eigenvalue weighted by atomic mass is 16.5. The maximum absolute atomic E-state index is 11.3. The topological polar surface area (TPSA) is 107 Å². The van der Waals surface area contributed by atoms with Crippen molar-refractivity contribution in [1.29, 1.82) is 0 Å². The predicted octanol–water partition coefficient (Wildman–Crippen LogP) is -1.78. The molecule has 4 atom stereocenters. The lowest BCUT2D eigenvalue weighted by Gasteiger charge is -2.20. The monoisotopic (exact) mass is 234 g/mol. The second kappa shape index (κ2) is 7.48. The Morgan fingerprint density at radius 2 is 2.00 bits per heavy atom. The molecule has 0 heterocycles. The first kappa shape index (κ1) is 15.2. The fraction of sp³-hybridized carbons (Fsp3) is 0.700. The van der Waals surface area contributed by atoms with E-state index in [1.807, 2.05) is 0 Å². The Kier molecular flexibility index (Phi) is 7.11. The van der Waals surface area contributed by atoms with E-state index in [1.54, 1.807) is 6.92 Å². The Morgan fingerprint density at radius 1 is 1.44 bits per heavy atom. The minimum atomic E-state index is -1.78. The molecule has 0 aromatic rings. The average Bonchev–Trinajstić information content (AvgIpc) is 2.32. The van der Waals surface area contributed by atoms with Crippen molar-refractivity contribution >= 4 is 5.78 Å². The molecule has 0 saturated heterocycles. The summed E-state index contributed by atoms with van der Waals surface area (Å²) in [6, 6.07) is 0. The van der Waals surface area contributed by atoms with Crippen LogP contribution in [0.15, 0.2) is 12.7 Å². The number of carbonyl (C=O) groups is 1. The van der Waals surface area contributed by atoms with E-state index in [2.05, 4.69) is 6.58 Å².